The smallest absolute Gasteiger partial charge is 0.322 e. The summed E-state index contributed by atoms with van der Waals surface area (Å²) in [6.45, 7) is 4.52. The lowest BCUT2D eigenvalue weighted by atomic mass is 10.4. The molecule has 1 amide bonds. The first kappa shape index (κ1) is 13.4. The second kappa shape index (κ2) is 5.44. The fourth-order valence-electron chi connectivity index (χ4n) is 1.66. The zero-order valence-electron chi connectivity index (χ0n) is 11.4. The van der Waals surface area contributed by atoms with Gasteiger partial charge in [-0.2, -0.15) is 5.10 Å². The van der Waals surface area contributed by atoms with Crippen molar-refractivity contribution in [2.24, 2.45) is 0 Å². The van der Waals surface area contributed by atoms with Crippen LogP contribution in [0, 0.1) is 6.92 Å². The Kier molecular flexibility index (Phi) is 3.48. The van der Waals surface area contributed by atoms with Crippen molar-refractivity contribution in [3.05, 3.63) is 28.3 Å². The van der Waals surface area contributed by atoms with Gasteiger partial charge in [0.1, 0.15) is 5.69 Å². The molecule has 0 aliphatic heterocycles. The van der Waals surface area contributed by atoms with Crippen LogP contribution in [0.3, 0.4) is 0 Å². The van der Waals surface area contributed by atoms with Crippen LogP contribution in [0.2, 0.25) is 0 Å². The molecular formula is C12H12N6O2S. The van der Waals surface area contributed by atoms with Crippen LogP contribution in [-0.2, 0) is 6.54 Å². The number of aryl methyl sites for hydroxylation is 2. The fourth-order valence-corrected chi connectivity index (χ4v) is 2.25. The van der Waals surface area contributed by atoms with Gasteiger partial charge in [0.25, 0.3) is 11.8 Å². The maximum Gasteiger partial charge on any atom is 0.322 e. The molecule has 3 rings (SSSR count). The van der Waals surface area contributed by atoms with Crippen LogP contribution in [0.5, 0.6) is 0 Å². The monoisotopic (exact) mass is 304 g/mol. The van der Waals surface area contributed by atoms with Crippen LogP contribution in [0.15, 0.2) is 22.1 Å². The van der Waals surface area contributed by atoms with Gasteiger partial charge in [0.05, 0.1) is 5.01 Å². The second-order valence-electron chi connectivity index (χ2n) is 4.17. The van der Waals surface area contributed by atoms with Gasteiger partial charge in [-0.1, -0.05) is 5.10 Å². The van der Waals surface area contributed by atoms with E-state index in [9.17, 15) is 4.79 Å². The number of hydrogen-bond acceptors (Lipinski definition) is 7. The molecule has 1 N–H and O–H groups in total. The van der Waals surface area contributed by atoms with Gasteiger partial charge in [0, 0.05) is 18.1 Å². The predicted octanol–water partition coefficient (Wildman–Crippen LogP) is 1.97. The van der Waals surface area contributed by atoms with Crippen LogP contribution >= 0.6 is 11.3 Å². The molecule has 9 heteroatoms. The minimum Gasteiger partial charge on any atom is -0.401 e. The summed E-state index contributed by atoms with van der Waals surface area (Å²) in [6, 6.07) is 1.64. The molecule has 0 spiro atoms. The van der Waals surface area contributed by atoms with Crippen LogP contribution in [0.1, 0.15) is 22.4 Å². The third kappa shape index (κ3) is 2.82. The lowest BCUT2D eigenvalue weighted by Crippen LogP contribution is -2.13. The highest BCUT2D eigenvalue weighted by atomic mass is 32.1. The minimum absolute atomic E-state index is 0.0201. The SMILES string of the molecule is CCn1ccc(C(=O)Nc2nnc(-c3csc(C)n3)o2)n1. The van der Waals surface area contributed by atoms with E-state index in [0.29, 0.717) is 17.9 Å². The van der Waals surface area contributed by atoms with Gasteiger partial charge >= 0.3 is 6.01 Å². The Hall–Kier alpha value is -2.55. The third-order valence-corrected chi connectivity index (χ3v) is 3.45. The number of amides is 1. The van der Waals surface area contributed by atoms with Gasteiger partial charge in [-0.3, -0.25) is 14.8 Å². The van der Waals surface area contributed by atoms with Gasteiger partial charge in [0.15, 0.2) is 5.69 Å². The normalized spacial score (nSPS) is 10.8. The van der Waals surface area contributed by atoms with Crippen LogP contribution in [0.4, 0.5) is 6.01 Å². The molecule has 0 aliphatic rings. The first-order chi connectivity index (χ1) is 10.2. The summed E-state index contributed by atoms with van der Waals surface area (Å²) in [5.74, 6) is -0.124. The number of carbonyl (C=O) groups excluding carboxylic acids is 1. The molecule has 0 saturated heterocycles. The highest BCUT2D eigenvalue weighted by molar-refractivity contribution is 7.09. The molecule has 21 heavy (non-hydrogen) atoms. The molecule has 0 aliphatic carbocycles. The number of nitrogens with one attached hydrogen (secondary N) is 1. The first-order valence-corrected chi connectivity index (χ1v) is 7.14. The highest BCUT2D eigenvalue weighted by Crippen LogP contribution is 2.21. The Morgan fingerprint density at radius 2 is 2.33 bits per heavy atom. The Bertz CT molecular complexity index is 774. The molecule has 3 heterocycles. The average Bonchev–Trinajstić information content (AvgIpc) is 3.17. The summed E-state index contributed by atoms with van der Waals surface area (Å²) < 4.78 is 7.02. The molecule has 3 aromatic rings. The topological polar surface area (TPSA) is 98.7 Å². The molecule has 3 aromatic heterocycles. The minimum atomic E-state index is -0.396. The van der Waals surface area contributed by atoms with Crippen molar-refractivity contribution >= 4 is 23.3 Å². The lowest BCUT2D eigenvalue weighted by molar-refractivity contribution is 0.101. The molecule has 0 aromatic carbocycles. The standard InChI is InChI=1S/C12H12N6O2S/c1-3-18-5-4-8(17-18)10(19)14-12-16-15-11(20-12)9-6-21-7(2)13-9/h4-6H,3H2,1-2H3,(H,14,16,19). The highest BCUT2D eigenvalue weighted by Gasteiger charge is 2.15. The van der Waals surface area contributed by atoms with Crippen LogP contribution in [0.25, 0.3) is 11.6 Å². The molecule has 8 nitrogen and oxygen atoms in total. The number of hydrogen-bond donors (Lipinski definition) is 1. The van der Waals surface area contributed by atoms with Crippen molar-refractivity contribution in [2.75, 3.05) is 5.32 Å². The Morgan fingerprint density at radius 1 is 1.48 bits per heavy atom. The Labute approximate surface area is 123 Å². The van der Waals surface area contributed by atoms with E-state index in [1.54, 1.807) is 16.9 Å². The number of thiazole rings is 1. The lowest BCUT2D eigenvalue weighted by Gasteiger charge is -1.96. The van der Waals surface area contributed by atoms with Crippen molar-refractivity contribution < 1.29 is 9.21 Å². The van der Waals surface area contributed by atoms with Crippen molar-refractivity contribution in [3.8, 4) is 11.6 Å². The van der Waals surface area contributed by atoms with Crippen LogP contribution in [-0.4, -0.2) is 30.9 Å². The predicted molar refractivity (Wildman–Crippen MR) is 76.0 cm³/mol. The van der Waals surface area contributed by atoms with Gasteiger partial charge in [-0.05, 0) is 19.9 Å². The molecule has 0 atom stereocenters. The molecule has 108 valence electrons. The molecule has 0 bridgehead atoms. The quantitative estimate of drug-likeness (QED) is 0.791. The van der Waals surface area contributed by atoms with Gasteiger partial charge < -0.3 is 4.42 Å². The fraction of sp³-hybridized carbons (Fsp3) is 0.250. The van der Waals surface area contributed by atoms with Crippen LogP contribution < -0.4 is 5.32 Å². The largest absolute Gasteiger partial charge is 0.401 e. The van der Waals surface area contributed by atoms with E-state index in [0.717, 1.165) is 5.01 Å². The second-order valence-corrected chi connectivity index (χ2v) is 5.24. The van der Waals surface area contributed by atoms with Crippen molar-refractivity contribution in [1.82, 2.24) is 25.0 Å². The van der Waals surface area contributed by atoms with E-state index in [-0.39, 0.29) is 11.9 Å². The number of carbonyl (C=O) groups is 1. The number of rotatable bonds is 4. The number of aromatic nitrogens is 5. The summed E-state index contributed by atoms with van der Waals surface area (Å²) in [5.41, 5.74) is 0.891. The Morgan fingerprint density at radius 3 is 3.00 bits per heavy atom. The maximum atomic E-state index is 12.0. The summed E-state index contributed by atoms with van der Waals surface area (Å²) in [6.07, 6.45) is 1.73. The average molecular weight is 304 g/mol. The molecule has 0 radical (unpaired) electrons. The zero-order valence-corrected chi connectivity index (χ0v) is 12.2. The van der Waals surface area contributed by atoms with Gasteiger partial charge in [0.2, 0.25) is 0 Å². The van der Waals surface area contributed by atoms with E-state index < -0.39 is 5.91 Å². The third-order valence-electron chi connectivity index (χ3n) is 2.68. The van der Waals surface area contributed by atoms with Gasteiger partial charge in [-0.15, -0.1) is 16.4 Å². The summed E-state index contributed by atoms with van der Waals surface area (Å²) in [4.78, 5) is 16.2. The molecule has 0 saturated carbocycles. The Balaban J connectivity index is 1.73. The van der Waals surface area contributed by atoms with E-state index in [1.807, 2.05) is 19.2 Å². The number of anilines is 1. The summed E-state index contributed by atoms with van der Waals surface area (Å²) in [5, 5.41) is 17.0. The maximum absolute atomic E-state index is 12.0. The molecule has 0 unspecified atom stereocenters. The summed E-state index contributed by atoms with van der Waals surface area (Å²) in [7, 11) is 0. The van der Waals surface area contributed by atoms with Crippen molar-refractivity contribution in [2.45, 2.75) is 20.4 Å². The number of nitrogens with zero attached hydrogens (tertiary/aromatic N) is 5. The van der Waals surface area contributed by atoms with Crippen molar-refractivity contribution in [3.63, 3.8) is 0 Å². The van der Waals surface area contributed by atoms with E-state index in [4.69, 9.17) is 4.42 Å². The zero-order chi connectivity index (χ0) is 14.8. The van der Waals surface area contributed by atoms with E-state index >= 15 is 0 Å². The van der Waals surface area contributed by atoms with Gasteiger partial charge in [-0.25, -0.2) is 4.98 Å². The summed E-state index contributed by atoms with van der Waals surface area (Å²) >= 11 is 1.49. The van der Waals surface area contributed by atoms with E-state index in [1.165, 1.54) is 11.3 Å². The molecular weight excluding hydrogens is 292 g/mol. The first-order valence-electron chi connectivity index (χ1n) is 6.26. The van der Waals surface area contributed by atoms with Crippen molar-refractivity contribution in [1.29, 1.82) is 0 Å². The molecule has 0 fully saturated rings. The van der Waals surface area contributed by atoms with E-state index in [2.05, 4.69) is 25.6 Å².